The van der Waals surface area contributed by atoms with Crippen molar-refractivity contribution in [2.45, 2.75) is 13.8 Å². The molecule has 2 aromatic carbocycles. The first-order chi connectivity index (χ1) is 9.01. The van der Waals surface area contributed by atoms with Crippen molar-refractivity contribution in [3.63, 3.8) is 0 Å². The van der Waals surface area contributed by atoms with Crippen LogP contribution in [-0.2, 0) is 0 Å². The van der Waals surface area contributed by atoms with Crippen molar-refractivity contribution in [3.05, 3.63) is 57.3 Å². The molecule has 4 heteroatoms. The highest BCUT2D eigenvalue weighted by molar-refractivity contribution is 9.10. The lowest BCUT2D eigenvalue weighted by Crippen LogP contribution is -1.97. The molecular formula is C15H12BrFN2. The average molecular weight is 319 g/mol. The molecule has 0 radical (unpaired) electrons. The van der Waals surface area contributed by atoms with Gasteiger partial charge in [-0.15, -0.1) is 0 Å². The second-order valence-corrected chi connectivity index (χ2v) is 5.22. The van der Waals surface area contributed by atoms with E-state index in [-0.39, 0.29) is 5.82 Å². The SMILES string of the molecule is Cc1ccc(Nc2cc(Br)c(F)cc2C)c(C#N)c1. The van der Waals surface area contributed by atoms with E-state index in [4.69, 9.17) is 5.26 Å². The number of rotatable bonds is 2. The van der Waals surface area contributed by atoms with Gasteiger partial charge < -0.3 is 5.32 Å². The van der Waals surface area contributed by atoms with Gasteiger partial charge in [-0.25, -0.2) is 4.39 Å². The van der Waals surface area contributed by atoms with Gasteiger partial charge in [0.1, 0.15) is 11.9 Å². The van der Waals surface area contributed by atoms with Gasteiger partial charge in [0, 0.05) is 5.69 Å². The van der Waals surface area contributed by atoms with Crippen LogP contribution >= 0.6 is 15.9 Å². The molecule has 2 nitrogen and oxygen atoms in total. The minimum atomic E-state index is -0.299. The van der Waals surface area contributed by atoms with Crippen molar-refractivity contribution in [1.82, 2.24) is 0 Å². The lowest BCUT2D eigenvalue weighted by Gasteiger charge is -2.12. The topological polar surface area (TPSA) is 35.8 Å². The first kappa shape index (κ1) is 13.6. The molecule has 96 valence electrons. The summed E-state index contributed by atoms with van der Waals surface area (Å²) in [4.78, 5) is 0. The summed E-state index contributed by atoms with van der Waals surface area (Å²) in [5, 5.41) is 12.3. The van der Waals surface area contributed by atoms with E-state index in [1.165, 1.54) is 6.07 Å². The molecule has 0 heterocycles. The van der Waals surface area contributed by atoms with E-state index in [1.807, 2.05) is 32.0 Å². The molecule has 0 aliphatic heterocycles. The van der Waals surface area contributed by atoms with Crippen molar-refractivity contribution in [2.75, 3.05) is 5.32 Å². The number of benzene rings is 2. The van der Waals surface area contributed by atoms with Gasteiger partial charge in [0.05, 0.1) is 15.7 Å². The Balaban J connectivity index is 2.42. The predicted molar refractivity (Wildman–Crippen MR) is 78.0 cm³/mol. The third kappa shape index (κ3) is 2.94. The summed E-state index contributed by atoms with van der Waals surface area (Å²) in [7, 11) is 0. The van der Waals surface area contributed by atoms with Crippen LogP contribution in [0, 0.1) is 31.0 Å². The summed E-state index contributed by atoms with van der Waals surface area (Å²) in [6.07, 6.45) is 0. The minimum Gasteiger partial charge on any atom is -0.354 e. The zero-order chi connectivity index (χ0) is 14.0. The van der Waals surface area contributed by atoms with E-state index in [9.17, 15) is 4.39 Å². The van der Waals surface area contributed by atoms with Crippen molar-refractivity contribution in [1.29, 1.82) is 5.26 Å². The Morgan fingerprint density at radius 3 is 2.58 bits per heavy atom. The van der Waals surface area contributed by atoms with Gasteiger partial charge in [-0.3, -0.25) is 0 Å². The zero-order valence-corrected chi connectivity index (χ0v) is 12.2. The van der Waals surface area contributed by atoms with Gasteiger partial charge >= 0.3 is 0 Å². The fourth-order valence-electron chi connectivity index (χ4n) is 1.79. The van der Waals surface area contributed by atoms with Crippen LogP contribution in [0.5, 0.6) is 0 Å². The van der Waals surface area contributed by atoms with E-state index >= 15 is 0 Å². The van der Waals surface area contributed by atoms with E-state index in [0.29, 0.717) is 10.0 Å². The number of nitriles is 1. The van der Waals surface area contributed by atoms with Gasteiger partial charge in [-0.1, -0.05) is 6.07 Å². The summed E-state index contributed by atoms with van der Waals surface area (Å²) in [5.41, 5.74) is 3.87. The number of halogens is 2. The second-order valence-electron chi connectivity index (χ2n) is 4.37. The van der Waals surface area contributed by atoms with E-state index in [0.717, 1.165) is 22.5 Å². The van der Waals surface area contributed by atoms with Crippen LogP contribution in [0.15, 0.2) is 34.8 Å². The van der Waals surface area contributed by atoms with E-state index in [2.05, 4.69) is 27.3 Å². The van der Waals surface area contributed by atoms with Crippen LogP contribution in [0.25, 0.3) is 0 Å². The molecule has 0 fully saturated rings. The number of hydrogen-bond acceptors (Lipinski definition) is 2. The van der Waals surface area contributed by atoms with Gasteiger partial charge in [0.2, 0.25) is 0 Å². The van der Waals surface area contributed by atoms with Crippen LogP contribution in [-0.4, -0.2) is 0 Å². The maximum Gasteiger partial charge on any atom is 0.137 e. The molecule has 0 aliphatic rings. The Morgan fingerprint density at radius 1 is 1.16 bits per heavy atom. The van der Waals surface area contributed by atoms with Crippen LogP contribution in [0.3, 0.4) is 0 Å². The highest BCUT2D eigenvalue weighted by atomic mass is 79.9. The number of nitrogens with zero attached hydrogens (tertiary/aromatic N) is 1. The monoisotopic (exact) mass is 318 g/mol. The molecule has 2 rings (SSSR count). The largest absolute Gasteiger partial charge is 0.354 e. The molecule has 19 heavy (non-hydrogen) atoms. The summed E-state index contributed by atoms with van der Waals surface area (Å²) >= 11 is 3.16. The first-order valence-electron chi connectivity index (χ1n) is 5.74. The molecular weight excluding hydrogens is 307 g/mol. The molecule has 0 atom stereocenters. The minimum absolute atomic E-state index is 0.299. The average Bonchev–Trinajstić information content (AvgIpc) is 2.37. The standard InChI is InChI=1S/C15H12BrFN2/c1-9-3-4-14(11(5-9)8-18)19-15-7-12(16)13(17)6-10(15)2/h3-7,19H,1-2H3. The van der Waals surface area contributed by atoms with Gasteiger partial charge in [-0.2, -0.15) is 5.26 Å². The van der Waals surface area contributed by atoms with Crippen LogP contribution in [0.1, 0.15) is 16.7 Å². The van der Waals surface area contributed by atoms with Crippen molar-refractivity contribution in [3.8, 4) is 6.07 Å². The molecule has 0 saturated carbocycles. The third-order valence-electron chi connectivity index (χ3n) is 2.83. The lowest BCUT2D eigenvalue weighted by atomic mass is 10.1. The molecule has 1 N–H and O–H groups in total. The van der Waals surface area contributed by atoms with Crippen molar-refractivity contribution < 1.29 is 4.39 Å². The number of aryl methyl sites for hydroxylation is 2. The molecule has 0 saturated heterocycles. The van der Waals surface area contributed by atoms with E-state index < -0.39 is 0 Å². The molecule has 0 aromatic heterocycles. The number of nitrogens with one attached hydrogen (secondary N) is 1. The number of hydrogen-bond donors (Lipinski definition) is 1. The Bertz CT molecular complexity index is 675. The molecule has 2 aromatic rings. The van der Waals surface area contributed by atoms with Gasteiger partial charge in [-0.05, 0) is 65.2 Å². The Morgan fingerprint density at radius 2 is 1.89 bits per heavy atom. The van der Waals surface area contributed by atoms with Crippen LogP contribution in [0.2, 0.25) is 0 Å². The molecule has 0 spiro atoms. The molecule has 0 amide bonds. The second kappa shape index (κ2) is 5.41. The lowest BCUT2D eigenvalue weighted by molar-refractivity contribution is 0.620. The van der Waals surface area contributed by atoms with Gasteiger partial charge in [0.25, 0.3) is 0 Å². The fraction of sp³-hybridized carbons (Fsp3) is 0.133. The summed E-state index contributed by atoms with van der Waals surface area (Å²) in [6, 6.07) is 10.9. The Kier molecular flexibility index (Phi) is 3.87. The maximum atomic E-state index is 13.4. The Hall–Kier alpha value is -1.86. The molecule has 0 unspecified atom stereocenters. The van der Waals surface area contributed by atoms with Crippen LogP contribution < -0.4 is 5.32 Å². The maximum absolute atomic E-state index is 13.4. The van der Waals surface area contributed by atoms with Gasteiger partial charge in [0.15, 0.2) is 0 Å². The first-order valence-corrected chi connectivity index (χ1v) is 6.54. The third-order valence-corrected chi connectivity index (χ3v) is 3.44. The normalized spacial score (nSPS) is 10.1. The summed E-state index contributed by atoms with van der Waals surface area (Å²) < 4.78 is 13.8. The highest BCUT2D eigenvalue weighted by Gasteiger charge is 2.08. The van der Waals surface area contributed by atoms with Crippen molar-refractivity contribution >= 4 is 27.3 Å². The number of anilines is 2. The quantitative estimate of drug-likeness (QED) is 0.861. The van der Waals surface area contributed by atoms with Crippen molar-refractivity contribution in [2.24, 2.45) is 0 Å². The zero-order valence-electron chi connectivity index (χ0n) is 10.6. The molecule has 0 bridgehead atoms. The summed E-state index contributed by atoms with van der Waals surface area (Å²) in [5.74, 6) is -0.299. The molecule has 0 aliphatic carbocycles. The smallest absolute Gasteiger partial charge is 0.137 e. The highest BCUT2D eigenvalue weighted by Crippen LogP contribution is 2.28. The van der Waals surface area contributed by atoms with Crippen LogP contribution in [0.4, 0.5) is 15.8 Å². The summed E-state index contributed by atoms with van der Waals surface area (Å²) in [6.45, 7) is 3.75. The predicted octanol–water partition coefficient (Wildman–Crippen LogP) is 4.82. The van der Waals surface area contributed by atoms with E-state index in [1.54, 1.807) is 6.07 Å². The Labute approximate surface area is 120 Å². The fourth-order valence-corrected chi connectivity index (χ4v) is 2.13.